The summed E-state index contributed by atoms with van der Waals surface area (Å²) < 4.78 is 67.6. The summed E-state index contributed by atoms with van der Waals surface area (Å²) in [6.45, 7) is -1.12. The summed E-state index contributed by atoms with van der Waals surface area (Å²) >= 11 is 0. The maximum atomic E-state index is 12.9. The number of halogens is 5. The number of anilines is 1. The van der Waals surface area contributed by atoms with Crippen LogP contribution in [0.25, 0.3) is 0 Å². The summed E-state index contributed by atoms with van der Waals surface area (Å²) in [5.74, 6) is -0.661. The number of alkyl halides is 5. The number of nitrogens with one attached hydrogen (secondary N) is 1. The van der Waals surface area contributed by atoms with Crippen LogP contribution in [0.5, 0.6) is 5.75 Å². The molecule has 128 valence electrons. The largest absolute Gasteiger partial charge is 0.487 e. The summed E-state index contributed by atoms with van der Waals surface area (Å²) in [6, 6.07) is 11.8. The lowest BCUT2D eigenvalue weighted by molar-refractivity contribution is -0.139. The Balaban J connectivity index is 2.17. The molecule has 3 nitrogen and oxygen atoms in total. The molecule has 0 aromatic heterocycles. The van der Waals surface area contributed by atoms with E-state index < -0.39 is 30.5 Å². The summed E-state index contributed by atoms with van der Waals surface area (Å²) in [5.41, 5.74) is 2.54. The zero-order valence-electron chi connectivity index (χ0n) is 12.2. The molecule has 1 N–H and O–H groups in total. The van der Waals surface area contributed by atoms with E-state index in [0.717, 1.165) is 12.1 Å². The monoisotopic (exact) mass is 344 g/mol. The molecular formula is C16H13F5N2O. The number of hydrazone groups is 1. The van der Waals surface area contributed by atoms with Gasteiger partial charge in [0.15, 0.2) is 0 Å². The van der Waals surface area contributed by atoms with E-state index in [9.17, 15) is 22.0 Å². The van der Waals surface area contributed by atoms with Gasteiger partial charge < -0.3 is 4.74 Å². The van der Waals surface area contributed by atoms with E-state index in [1.165, 1.54) is 12.3 Å². The van der Waals surface area contributed by atoms with Crippen LogP contribution in [0, 0.1) is 0 Å². The van der Waals surface area contributed by atoms with Crippen LogP contribution in [-0.2, 0) is 6.18 Å². The van der Waals surface area contributed by atoms with Crippen molar-refractivity contribution in [2.24, 2.45) is 5.10 Å². The van der Waals surface area contributed by atoms with Crippen LogP contribution in [0.1, 0.15) is 11.1 Å². The number of rotatable bonds is 6. The highest BCUT2D eigenvalue weighted by atomic mass is 19.4. The molecule has 0 unspecified atom stereocenters. The lowest BCUT2D eigenvalue weighted by Gasteiger charge is -2.14. The molecule has 2 aromatic carbocycles. The first-order chi connectivity index (χ1) is 11.4. The first-order valence-electron chi connectivity index (χ1n) is 6.82. The lowest BCUT2D eigenvalue weighted by atomic mass is 10.1. The minimum absolute atomic E-state index is 0.274. The van der Waals surface area contributed by atoms with Crippen molar-refractivity contribution in [2.45, 2.75) is 12.6 Å². The van der Waals surface area contributed by atoms with Crippen LogP contribution in [0.4, 0.5) is 27.6 Å². The lowest BCUT2D eigenvalue weighted by Crippen LogP contribution is -2.13. The molecule has 0 aliphatic carbocycles. The Morgan fingerprint density at radius 1 is 1.08 bits per heavy atom. The molecule has 0 aliphatic rings. The van der Waals surface area contributed by atoms with Gasteiger partial charge >= 0.3 is 6.18 Å². The summed E-state index contributed by atoms with van der Waals surface area (Å²) in [4.78, 5) is 0. The first-order valence-corrected chi connectivity index (χ1v) is 6.82. The molecule has 0 aliphatic heterocycles. The predicted molar refractivity (Wildman–Crippen MR) is 80.6 cm³/mol. The molecule has 0 fully saturated rings. The highest BCUT2D eigenvalue weighted by molar-refractivity contribution is 5.81. The number of hydrogen-bond acceptors (Lipinski definition) is 3. The molecular weight excluding hydrogens is 331 g/mol. The van der Waals surface area contributed by atoms with Gasteiger partial charge in [0.05, 0.1) is 17.5 Å². The van der Waals surface area contributed by atoms with Gasteiger partial charge in [-0.05, 0) is 29.8 Å². The van der Waals surface area contributed by atoms with Gasteiger partial charge in [0.1, 0.15) is 12.4 Å². The fourth-order valence-electron chi connectivity index (χ4n) is 1.82. The predicted octanol–water partition coefficient (Wildman–Crippen LogP) is 4.80. The van der Waals surface area contributed by atoms with Crippen molar-refractivity contribution in [3.05, 3.63) is 59.7 Å². The molecule has 0 atom stereocenters. The SMILES string of the molecule is FC(F)COc1cc(C=NNc2ccccc2)ccc1C(F)(F)F. The number of hydrogen-bond donors (Lipinski definition) is 1. The van der Waals surface area contributed by atoms with Crippen molar-refractivity contribution >= 4 is 11.9 Å². The minimum Gasteiger partial charge on any atom is -0.487 e. The normalized spacial score (nSPS) is 11.9. The first kappa shape index (κ1) is 17.7. The molecule has 0 amide bonds. The highest BCUT2D eigenvalue weighted by Gasteiger charge is 2.34. The summed E-state index contributed by atoms with van der Waals surface area (Å²) in [6.07, 6.45) is -6.30. The topological polar surface area (TPSA) is 33.6 Å². The second-order valence-electron chi connectivity index (χ2n) is 4.69. The standard InChI is InChI=1S/C16H13F5N2O/c17-15(18)10-24-14-8-11(6-7-13(14)16(19,20)21)9-22-23-12-4-2-1-3-5-12/h1-9,15,23H,10H2. The molecule has 0 heterocycles. The quantitative estimate of drug-likeness (QED) is 0.464. The molecule has 2 rings (SSSR count). The van der Waals surface area contributed by atoms with Crippen LogP contribution >= 0.6 is 0 Å². The van der Waals surface area contributed by atoms with Crippen LogP contribution < -0.4 is 10.2 Å². The van der Waals surface area contributed by atoms with Crippen molar-refractivity contribution in [3.63, 3.8) is 0 Å². The van der Waals surface area contributed by atoms with E-state index in [1.54, 1.807) is 24.3 Å². The molecule has 0 spiro atoms. The maximum Gasteiger partial charge on any atom is 0.419 e. The van der Waals surface area contributed by atoms with Gasteiger partial charge in [-0.15, -0.1) is 0 Å². The number of ether oxygens (including phenoxy) is 1. The van der Waals surface area contributed by atoms with E-state index in [4.69, 9.17) is 0 Å². The Kier molecular flexibility index (Phi) is 5.73. The zero-order chi connectivity index (χ0) is 17.6. The van der Waals surface area contributed by atoms with Crippen molar-refractivity contribution in [2.75, 3.05) is 12.0 Å². The Hall–Kier alpha value is -2.64. The van der Waals surface area contributed by atoms with Crippen LogP contribution in [0.3, 0.4) is 0 Å². The Bertz CT molecular complexity index is 687. The maximum absolute atomic E-state index is 12.9. The molecule has 0 radical (unpaired) electrons. The van der Waals surface area contributed by atoms with E-state index >= 15 is 0 Å². The van der Waals surface area contributed by atoms with Gasteiger partial charge in [0, 0.05) is 0 Å². The van der Waals surface area contributed by atoms with Crippen molar-refractivity contribution in [3.8, 4) is 5.75 Å². The number of benzene rings is 2. The minimum atomic E-state index is -4.70. The van der Waals surface area contributed by atoms with Gasteiger partial charge in [-0.25, -0.2) is 8.78 Å². The molecule has 0 bridgehead atoms. The van der Waals surface area contributed by atoms with Crippen LogP contribution in [-0.4, -0.2) is 19.2 Å². The van der Waals surface area contributed by atoms with Crippen LogP contribution in [0.2, 0.25) is 0 Å². The van der Waals surface area contributed by atoms with Gasteiger partial charge in [0.2, 0.25) is 0 Å². The molecule has 24 heavy (non-hydrogen) atoms. The zero-order valence-corrected chi connectivity index (χ0v) is 12.2. The number of para-hydroxylation sites is 1. The second-order valence-corrected chi connectivity index (χ2v) is 4.69. The van der Waals surface area contributed by atoms with Crippen molar-refractivity contribution in [1.29, 1.82) is 0 Å². The third-order valence-electron chi connectivity index (χ3n) is 2.86. The van der Waals surface area contributed by atoms with Gasteiger partial charge in [-0.2, -0.15) is 18.3 Å². The third-order valence-corrected chi connectivity index (χ3v) is 2.86. The van der Waals surface area contributed by atoms with Gasteiger partial charge in [-0.3, -0.25) is 5.43 Å². The molecule has 2 aromatic rings. The van der Waals surface area contributed by atoms with Gasteiger partial charge in [0.25, 0.3) is 6.43 Å². The summed E-state index contributed by atoms with van der Waals surface area (Å²) in [7, 11) is 0. The average molecular weight is 344 g/mol. The van der Waals surface area contributed by atoms with Crippen molar-refractivity contribution in [1.82, 2.24) is 0 Å². The average Bonchev–Trinajstić information content (AvgIpc) is 2.53. The highest BCUT2D eigenvalue weighted by Crippen LogP contribution is 2.36. The smallest absolute Gasteiger partial charge is 0.419 e. The fraction of sp³-hybridized carbons (Fsp3) is 0.188. The van der Waals surface area contributed by atoms with Crippen molar-refractivity contribution < 1.29 is 26.7 Å². The van der Waals surface area contributed by atoms with E-state index in [1.807, 2.05) is 6.07 Å². The third kappa shape index (κ3) is 5.22. The Morgan fingerprint density at radius 2 is 1.79 bits per heavy atom. The molecule has 0 saturated carbocycles. The van der Waals surface area contributed by atoms with Gasteiger partial charge in [-0.1, -0.05) is 24.3 Å². The fourth-order valence-corrected chi connectivity index (χ4v) is 1.82. The second kappa shape index (κ2) is 7.76. The molecule has 0 saturated heterocycles. The summed E-state index contributed by atoms with van der Waals surface area (Å²) in [5, 5.41) is 3.88. The Labute approximate surface area is 134 Å². The number of nitrogens with zero attached hydrogens (tertiary/aromatic N) is 1. The molecule has 8 heteroatoms. The Morgan fingerprint density at radius 3 is 2.42 bits per heavy atom. The van der Waals surface area contributed by atoms with E-state index in [2.05, 4.69) is 15.3 Å². The van der Waals surface area contributed by atoms with E-state index in [-0.39, 0.29) is 5.56 Å². The van der Waals surface area contributed by atoms with E-state index in [0.29, 0.717) is 5.69 Å². The van der Waals surface area contributed by atoms with Crippen LogP contribution in [0.15, 0.2) is 53.6 Å².